The van der Waals surface area contributed by atoms with Crippen LogP contribution in [0.25, 0.3) is 0 Å². The number of hydrogen-bond donors (Lipinski definition) is 0. The van der Waals surface area contributed by atoms with Gasteiger partial charge >= 0.3 is 5.97 Å². The fourth-order valence-electron chi connectivity index (χ4n) is 1.79. The van der Waals surface area contributed by atoms with Gasteiger partial charge in [-0.15, -0.1) is 0 Å². The average molecular weight is 326 g/mol. The lowest BCUT2D eigenvalue weighted by molar-refractivity contribution is 0.0505. The number of pyridine rings is 1. The molecule has 21 heavy (non-hydrogen) atoms. The van der Waals surface area contributed by atoms with E-state index in [0.29, 0.717) is 11.4 Å². The van der Waals surface area contributed by atoms with Gasteiger partial charge in [0.25, 0.3) is 0 Å². The highest BCUT2D eigenvalue weighted by Gasteiger charge is 2.20. The fraction of sp³-hybridized carbons (Fsp3) is 0.200. The highest BCUT2D eigenvalue weighted by molar-refractivity contribution is 6.37. The zero-order chi connectivity index (χ0) is 15.2. The number of halogens is 2. The summed E-state index contributed by atoms with van der Waals surface area (Å²) in [5, 5.41) is 0.540. The van der Waals surface area contributed by atoms with Crippen LogP contribution < -0.4 is 4.74 Å². The summed E-state index contributed by atoms with van der Waals surface area (Å²) in [6.45, 7) is 0.196. The summed E-state index contributed by atoms with van der Waals surface area (Å²) >= 11 is 12.0. The van der Waals surface area contributed by atoms with Crippen molar-refractivity contribution in [2.75, 3.05) is 13.7 Å². The Labute approximate surface area is 132 Å². The van der Waals surface area contributed by atoms with Crippen LogP contribution in [0, 0.1) is 0 Å². The van der Waals surface area contributed by atoms with E-state index in [1.54, 1.807) is 12.3 Å². The highest BCUT2D eigenvalue weighted by Crippen LogP contribution is 2.34. The maximum atomic E-state index is 12.1. The van der Waals surface area contributed by atoms with E-state index in [1.807, 2.05) is 18.2 Å². The third-order valence-electron chi connectivity index (χ3n) is 2.78. The summed E-state index contributed by atoms with van der Waals surface area (Å²) in [4.78, 5) is 16.3. The molecule has 0 fully saturated rings. The topological polar surface area (TPSA) is 48.4 Å². The van der Waals surface area contributed by atoms with E-state index in [1.165, 1.54) is 13.2 Å². The second-order valence-corrected chi connectivity index (χ2v) is 4.96. The van der Waals surface area contributed by atoms with Gasteiger partial charge in [0.05, 0.1) is 23.8 Å². The molecule has 0 bridgehead atoms. The fourth-order valence-corrected chi connectivity index (χ4v) is 2.25. The molecule has 0 radical (unpaired) electrons. The van der Waals surface area contributed by atoms with E-state index in [9.17, 15) is 4.79 Å². The highest BCUT2D eigenvalue weighted by atomic mass is 35.5. The average Bonchev–Trinajstić information content (AvgIpc) is 2.50. The van der Waals surface area contributed by atoms with Crippen LogP contribution in [0.4, 0.5) is 0 Å². The lowest BCUT2D eigenvalue weighted by atomic mass is 10.2. The molecule has 2 aromatic rings. The molecule has 0 atom stereocenters. The first kappa shape index (κ1) is 15.6. The zero-order valence-corrected chi connectivity index (χ0v) is 12.8. The smallest absolute Gasteiger partial charge is 0.343 e. The Hall–Kier alpha value is -1.78. The molecular formula is C15H13Cl2NO3. The van der Waals surface area contributed by atoms with Crippen molar-refractivity contribution >= 4 is 29.2 Å². The molecule has 0 saturated heterocycles. The van der Waals surface area contributed by atoms with Gasteiger partial charge in [-0.3, -0.25) is 4.98 Å². The lowest BCUT2D eigenvalue weighted by Gasteiger charge is -2.11. The van der Waals surface area contributed by atoms with Crippen LogP contribution in [0.2, 0.25) is 10.0 Å². The number of ether oxygens (including phenoxy) is 2. The second-order valence-electron chi connectivity index (χ2n) is 4.14. The van der Waals surface area contributed by atoms with Crippen LogP contribution in [-0.4, -0.2) is 24.7 Å². The van der Waals surface area contributed by atoms with Crippen LogP contribution >= 0.6 is 23.2 Å². The van der Waals surface area contributed by atoms with Crippen LogP contribution in [0.15, 0.2) is 36.5 Å². The van der Waals surface area contributed by atoms with Gasteiger partial charge in [-0.05, 0) is 24.3 Å². The molecule has 4 nitrogen and oxygen atoms in total. The number of rotatable bonds is 5. The number of hydrogen-bond acceptors (Lipinski definition) is 4. The van der Waals surface area contributed by atoms with Crippen LogP contribution in [0.3, 0.4) is 0 Å². The van der Waals surface area contributed by atoms with E-state index < -0.39 is 5.97 Å². The summed E-state index contributed by atoms with van der Waals surface area (Å²) in [6.07, 6.45) is 2.21. The molecule has 1 heterocycles. The van der Waals surface area contributed by atoms with E-state index >= 15 is 0 Å². The van der Waals surface area contributed by atoms with Crippen LogP contribution in [0.5, 0.6) is 5.75 Å². The van der Waals surface area contributed by atoms with Crippen molar-refractivity contribution < 1.29 is 14.3 Å². The molecule has 0 aliphatic rings. The molecule has 0 spiro atoms. The summed E-state index contributed by atoms with van der Waals surface area (Å²) < 4.78 is 10.3. The third-order valence-corrected chi connectivity index (χ3v) is 3.40. The van der Waals surface area contributed by atoms with E-state index in [0.717, 1.165) is 5.69 Å². The Bertz CT molecular complexity index is 632. The molecular weight excluding hydrogens is 313 g/mol. The van der Waals surface area contributed by atoms with Gasteiger partial charge in [0.15, 0.2) is 5.75 Å². The molecule has 1 aromatic heterocycles. The van der Waals surface area contributed by atoms with Gasteiger partial charge in [-0.2, -0.15) is 0 Å². The monoisotopic (exact) mass is 325 g/mol. The zero-order valence-electron chi connectivity index (χ0n) is 11.3. The largest absolute Gasteiger partial charge is 0.494 e. The molecule has 0 N–H and O–H groups in total. The summed E-state index contributed by atoms with van der Waals surface area (Å²) in [7, 11) is 1.42. The molecule has 1 aromatic carbocycles. The standard InChI is InChI=1S/C15H13Cl2NO3/c1-20-14-12(17)6-5-11(16)13(14)15(19)21-9-7-10-4-2-3-8-18-10/h2-6,8H,7,9H2,1H3. The summed E-state index contributed by atoms with van der Waals surface area (Å²) in [5.74, 6) is -0.359. The maximum absolute atomic E-state index is 12.1. The van der Waals surface area contributed by atoms with Gasteiger partial charge in [0, 0.05) is 18.3 Å². The van der Waals surface area contributed by atoms with E-state index in [-0.39, 0.29) is 22.9 Å². The first-order chi connectivity index (χ1) is 10.1. The predicted octanol–water partition coefficient (Wildman–Crippen LogP) is 3.80. The van der Waals surface area contributed by atoms with Gasteiger partial charge in [-0.25, -0.2) is 4.79 Å². The Morgan fingerprint density at radius 1 is 1.19 bits per heavy atom. The molecule has 6 heteroatoms. The Morgan fingerprint density at radius 2 is 1.95 bits per heavy atom. The first-order valence-electron chi connectivity index (χ1n) is 6.22. The van der Waals surface area contributed by atoms with Gasteiger partial charge in [0.1, 0.15) is 5.56 Å². The second kappa shape index (κ2) is 7.29. The number of carbonyl (C=O) groups excluding carboxylic acids is 1. The van der Waals surface area contributed by atoms with Crippen molar-refractivity contribution in [1.82, 2.24) is 4.98 Å². The van der Waals surface area contributed by atoms with Crippen LogP contribution in [-0.2, 0) is 11.2 Å². The number of carbonyl (C=O) groups is 1. The first-order valence-corrected chi connectivity index (χ1v) is 6.98. The summed E-state index contributed by atoms with van der Waals surface area (Å²) in [5.41, 5.74) is 0.974. The number of aromatic nitrogens is 1. The van der Waals surface area contributed by atoms with Crippen LogP contribution in [0.1, 0.15) is 16.1 Å². The predicted molar refractivity (Wildman–Crippen MR) is 81.2 cm³/mol. The summed E-state index contributed by atoms with van der Waals surface area (Å²) in [6, 6.07) is 8.66. The van der Waals surface area contributed by atoms with Gasteiger partial charge < -0.3 is 9.47 Å². The number of benzene rings is 1. The number of nitrogens with zero attached hydrogens (tertiary/aromatic N) is 1. The Kier molecular flexibility index (Phi) is 5.42. The van der Waals surface area contributed by atoms with Crippen molar-refractivity contribution in [3.05, 3.63) is 57.8 Å². The Morgan fingerprint density at radius 3 is 2.62 bits per heavy atom. The van der Waals surface area contributed by atoms with Crippen molar-refractivity contribution in [3.63, 3.8) is 0 Å². The molecule has 110 valence electrons. The SMILES string of the molecule is COc1c(Cl)ccc(Cl)c1C(=O)OCCc1ccccn1. The van der Waals surface area contributed by atoms with Crippen molar-refractivity contribution in [1.29, 1.82) is 0 Å². The molecule has 0 aliphatic heterocycles. The molecule has 0 amide bonds. The third kappa shape index (κ3) is 3.86. The number of esters is 1. The molecule has 0 aliphatic carbocycles. The molecule has 0 unspecified atom stereocenters. The van der Waals surface area contributed by atoms with Gasteiger partial charge in [0.2, 0.25) is 0 Å². The minimum atomic E-state index is -0.574. The van der Waals surface area contributed by atoms with Gasteiger partial charge in [-0.1, -0.05) is 29.3 Å². The Balaban J connectivity index is 2.05. The number of methoxy groups -OCH3 is 1. The maximum Gasteiger partial charge on any atom is 0.343 e. The van der Waals surface area contributed by atoms with Crippen molar-refractivity contribution in [2.45, 2.75) is 6.42 Å². The van der Waals surface area contributed by atoms with Crippen molar-refractivity contribution in [2.24, 2.45) is 0 Å². The lowest BCUT2D eigenvalue weighted by Crippen LogP contribution is -2.11. The molecule has 2 rings (SSSR count). The quantitative estimate of drug-likeness (QED) is 0.784. The normalized spacial score (nSPS) is 10.2. The van der Waals surface area contributed by atoms with E-state index in [4.69, 9.17) is 32.7 Å². The minimum absolute atomic E-state index is 0.132. The molecule has 0 saturated carbocycles. The minimum Gasteiger partial charge on any atom is -0.494 e. The van der Waals surface area contributed by atoms with Crippen molar-refractivity contribution in [3.8, 4) is 5.75 Å². The van der Waals surface area contributed by atoms with E-state index in [2.05, 4.69) is 4.98 Å².